The van der Waals surface area contributed by atoms with Gasteiger partial charge in [0.15, 0.2) is 0 Å². The highest BCUT2D eigenvalue weighted by molar-refractivity contribution is 5.71. The predicted octanol–water partition coefficient (Wildman–Crippen LogP) is 3.02. The summed E-state index contributed by atoms with van der Waals surface area (Å²) in [5, 5.41) is 0. The van der Waals surface area contributed by atoms with Crippen LogP contribution in [0.3, 0.4) is 0 Å². The Hall–Kier alpha value is -1.51. The minimum absolute atomic E-state index is 0.105. The van der Waals surface area contributed by atoms with Crippen molar-refractivity contribution in [3.8, 4) is 5.75 Å². The molecule has 3 nitrogen and oxygen atoms in total. The van der Waals surface area contributed by atoms with E-state index in [1.165, 1.54) is 12.7 Å². The van der Waals surface area contributed by atoms with Crippen LogP contribution >= 0.6 is 0 Å². The van der Waals surface area contributed by atoms with E-state index in [0.717, 1.165) is 11.3 Å². The van der Waals surface area contributed by atoms with Crippen LogP contribution in [-0.2, 0) is 14.9 Å². The molecule has 0 N–H and O–H groups in total. The van der Waals surface area contributed by atoms with Crippen LogP contribution in [0.5, 0.6) is 5.75 Å². The van der Waals surface area contributed by atoms with Gasteiger partial charge in [-0.2, -0.15) is 0 Å². The van der Waals surface area contributed by atoms with Crippen molar-refractivity contribution in [2.75, 3.05) is 13.7 Å². The Morgan fingerprint density at radius 1 is 1.44 bits per heavy atom. The molecule has 0 amide bonds. The summed E-state index contributed by atoms with van der Waals surface area (Å²) in [4.78, 5) is 11.4. The monoisotopic (exact) mass is 248 g/mol. The minimum Gasteiger partial charge on any atom is -0.493 e. The molecule has 1 aliphatic heterocycles. The van der Waals surface area contributed by atoms with E-state index in [2.05, 4.69) is 32.9 Å². The summed E-state index contributed by atoms with van der Waals surface area (Å²) in [6.07, 6.45) is 0.386. The molecule has 0 saturated carbocycles. The summed E-state index contributed by atoms with van der Waals surface area (Å²) in [5.74, 6) is 0.837. The molecule has 0 aromatic heterocycles. The fourth-order valence-electron chi connectivity index (χ4n) is 2.20. The molecular formula is C15H20O3. The van der Waals surface area contributed by atoms with Crippen LogP contribution in [0.15, 0.2) is 18.2 Å². The standard InChI is InChI=1S/C15H20O3/c1-15(2,3)11-5-6-13-12(8-11)10(9-18-13)7-14(16)17-4/h5-6,8,10H,7,9H2,1-4H3. The molecule has 18 heavy (non-hydrogen) atoms. The zero-order valence-corrected chi connectivity index (χ0v) is 11.4. The Labute approximate surface area is 108 Å². The molecule has 0 radical (unpaired) electrons. The number of carbonyl (C=O) groups is 1. The number of carbonyl (C=O) groups excluding carboxylic acids is 1. The summed E-state index contributed by atoms with van der Waals surface area (Å²) in [7, 11) is 1.42. The highest BCUT2D eigenvalue weighted by atomic mass is 16.5. The first-order valence-corrected chi connectivity index (χ1v) is 6.26. The van der Waals surface area contributed by atoms with Gasteiger partial charge in [-0.3, -0.25) is 4.79 Å². The van der Waals surface area contributed by atoms with Gasteiger partial charge in [-0.05, 0) is 17.0 Å². The van der Waals surface area contributed by atoms with Gasteiger partial charge in [0, 0.05) is 11.5 Å². The number of hydrogen-bond acceptors (Lipinski definition) is 3. The number of esters is 1. The molecule has 1 atom stereocenters. The van der Waals surface area contributed by atoms with E-state index in [4.69, 9.17) is 9.47 Å². The van der Waals surface area contributed by atoms with Gasteiger partial charge in [0.2, 0.25) is 0 Å². The van der Waals surface area contributed by atoms with Crippen LogP contribution in [0.1, 0.15) is 44.2 Å². The summed E-state index contributed by atoms with van der Waals surface area (Å²) in [6.45, 7) is 7.11. The van der Waals surface area contributed by atoms with Gasteiger partial charge >= 0.3 is 5.97 Å². The highest BCUT2D eigenvalue weighted by Crippen LogP contribution is 2.38. The summed E-state index contributed by atoms with van der Waals surface area (Å²) in [5.41, 5.74) is 2.50. The van der Waals surface area contributed by atoms with Crippen molar-refractivity contribution in [1.29, 1.82) is 0 Å². The van der Waals surface area contributed by atoms with Crippen molar-refractivity contribution in [3.05, 3.63) is 29.3 Å². The third kappa shape index (κ3) is 2.50. The Morgan fingerprint density at radius 2 is 2.17 bits per heavy atom. The van der Waals surface area contributed by atoms with Crippen molar-refractivity contribution in [3.63, 3.8) is 0 Å². The van der Waals surface area contributed by atoms with Crippen LogP contribution in [-0.4, -0.2) is 19.7 Å². The lowest BCUT2D eigenvalue weighted by molar-refractivity contribution is -0.141. The van der Waals surface area contributed by atoms with Gasteiger partial charge in [0.25, 0.3) is 0 Å². The molecule has 3 heteroatoms. The molecule has 1 unspecified atom stereocenters. The molecule has 0 bridgehead atoms. The Balaban J connectivity index is 2.28. The first kappa shape index (κ1) is 12.9. The molecule has 0 aliphatic carbocycles. The molecule has 98 valence electrons. The van der Waals surface area contributed by atoms with E-state index < -0.39 is 0 Å². The van der Waals surface area contributed by atoms with E-state index in [1.807, 2.05) is 6.07 Å². The van der Waals surface area contributed by atoms with Gasteiger partial charge in [-0.15, -0.1) is 0 Å². The van der Waals surface area contributed by atoms with Crippen molar-refractivity contribution in [1.82, 2.24) is 0 Å². The summed E-state index contributed by atoms with van der Waals surface area (Å²) >= 11 is 0. The number of methoxy groups -OCH3 is 1. The molecular weight excluding hydrogens is 228 g/mol. The fourth-order valence-corrected chi connectivity index (χ4v) is 2.20. The molecule has 1 aromatic carbocycles. The van der Waals surface area contributed by atoms with Gasteiger partial charge in [-0.25, -0.2) is 0 Å². The van der Waals surface area contributed by atoms with Crippen molar-refractivity contribution in [2.24, 2.45) is 0 Å². The predicted molar refractivity (Wildman–Crippen MR) is 70.0 cm³/mol. The van der Waals surface area contributed by atoms with Crippen LogP contribution in [0.4, 0.5) is 0 Å². The normalized spacial score (nSPS) is 18.1. The zero-order valence-electron chi connectivity index (χ0n) is 11.4. The quantitative estimate of drug-likeness (QED) is 0.755. The fraction of sp³-hybridized carbons (Fsp3) is 0.533. The summed E-state index contributed by atoms with van der Waals surface area (Å²) < 4.78 is 10.3. The third-order valence-electron chi connectivity index (χ3n) is 3.40. The van der Waals surface area contributed by atoms with Gasteiger partial charge < -0.3 is 9.47 Å². The molecule has 0 fully saturated rings. The van der Waals surface area contributed by atoms with Crippen LogP contribution in [0.2, 0.25) is 0 Å². The molecule has 1 aliphatic rings. The number of rotatable bonds is 2. The van der Waals surface area contributed by atoms with Crippen molar-refractivity contribution in [2.45, 2.75) is 38.5 Å². The van der Waals surface area contributed by atoms with E-state index in [-0.39, 0.29) is 17.3 Å². The first-order valence-electron chi connectivity index (χ1n) is 6.26. The second-order valence-electron chi connectivity index (χ2n) is 5.79. The molecule has 2 rings (SSSR count). The molecule has 1 aromatic rings. The molecule has 1 heterocycles. The van der Waals surface area contributed by atoms with Crippen LogP contribution < -0.4 is 4.74 Å². The number of hydrogen-bond donors (Lipinski definition) is 0. The number of ether oxygens (including phenoxy) is 2. The van der Waals surface area contributed by atoms with Gasteiger partial charge in [0.05, 0.1) is 20.1 Å². The van der Waals surface area contributed by atoms with Crippen molar-refractivity contribution < 1.29 is 14.3 Å². The van der Waals surface area contributed by atoms with Gasteiger partial charge in [-0.1, -0.05) is 32.9 Å². The SMILES string of the molecule is COC(=O)CC1COc2ccc(C(C)(C)C)cc21. The zero-order chi connectivity index (χ0) is 13.3. The maximum Gasteiger partial charge on any atom is 0.306 e. The van der Waals surface area contributed by atoms with Gasteiger partial charge in [0.1, 0.15) is 5.75 Å². The van der Waals surface area contributed by atoms with E-state index >= 15 is 0 Å². The Kier molecular flexibility index (Phi) is 3.33. The topological polar surface area (TPSA) is 35.5 Å². The smallest absolute Gasteiger partial charge is 0.306 e. The number of benzene rings is 1. The second kappa shape index (κ2) is 4.63. The van der Waals surface area contributed by atoms with E-state index in [1.54, 1.807) is 0 Å². The number of fused-ring (bicyclic) bond motifs is 1. The Morgan fingerprint density at radius 3 is 2.78 bits per heavy atom. The van der Waals surface area contributed by atoms with Crippen molar-refractivity contribution >= 4 is 5.97 Å². The van der Waals surface area contributed by atoms with E-state index in [9.17, 15) is 4.79 Å². The molecule has 0 saturated heterocycles. The second-order valence-corrected chi connectivity index (χ2v) is 5.79. The van der Waals surface area contributed by atoms with E-state index in [0.29, 0.717) is 13.0 Å². The lowest BCUT2D eigenvalue weighted by Gasteiger charge is -2.20. The maximum atomic E-state index is 11.4. The maximum absolute atomic E-state index is 11.4. The average molecular weight is 248 g/mol. The Bertz CT molecular complexity index is 457. The lowest BCUT2D eigenvalue weighted by atomic mass is 9.84. The largest absolute Gasteiger partial charge is 0.493 e. The first-order chi connectivity index (χ1) is 8.41. The highest BCUT2D eigenvalue weighted by Gasteiger charge is 2.28. The van der Waals surface area contributed by atoms with Crippen LogP contribution in [0.25, 0.3) is 0 Å². The average Bonchev–Trinajstić information content (AvgIpc) is 2.70. The third-order valence-corrected chi connectivity index (χ3v) is 3.40. The summed E-state index contributed by atoms with van der Waals surface area (Å²) in [6, 6.07) is 6.27. The van der Waals surface area contributed by atoms with Crippen LogP contribution in [0, 0.1) is 0 Å². The lowest BCUT2D eigenvalue weighted by Crippen LogP contribution is -2.12. The molecule has 0 spiro atoms. The minimum atomic E-state index is -0.183.